The van der Waals surface area contributed by atoms with Gasteiger partial charge in [0.2, 0.25) is 0 Å². The first-order chi connectivity index (χ1) is 7.88. The summed E-state index contributed by atoms with van der Waals surface area (Å²) in [5.41, 5.74) is 3.00. The average molecular weight is 210 g/mol. The Balaban J connectivity index is 1.91. The molecule has 0 aromatic heterocycles. The predicted octanol–water partition coefficient (Wildman–Crippen LogP) is 3.25. The van der Waals surface area contributed by atoms with Crippen molar-refractivity contribution >= 4 is 0 Å². The molecule has 4 aliphatic carbocycles. The molecule has 0 radical (unpaired) electrons. The largest absolute Gasteiger partial charge is 0.497 e. The van der Waals surface area contributed by atoms with Gasteiger partial charge in [0.25, 0.3) is 0 Å². The second-order valence-corrected chi connectivity index (χ2v) is 4.97. The van der Waals surface area contributed by atoms with Crippen LogP contribution in [0.3, 0.4) is 0 Å². The van der Waals surface area contributed by atoms with Crippen LogP contribution < -0.4 is 4.74 Å². The van der Waals surface area contributed by atoms with E-state index in [9.17, 15) is 0 Å². The van der Waals surface area contributed by atoms with Crippen LogP contribution in [0, 0.1) is 11.8 Å². The van der Waals surface area contributed by atoms with Gasteiger partial charge in [-0.05, 0) is 35.1 Å². The SMILES string of the molecule is COc1ccc2c(c1)[C@H]1C=C[C@H]2[C@H]2C=C[C@H]21. The van der Waals surface area contributed by atoms with Crippen molar-refractivity contribution < 1.29 is 4.74 Å². The Morgan fingerprint density at radius 1 is 0.875 bits per heavy atom. The molecule has 4 atom stereocenters. The minimum absolute atomic E-state index is 0.588. The highest BCUT2D eigenvalue weighted by molar-refractivity contribution is 5.52. The lowest BCUT2D eigenvalue weighted by molar-refractivity contribution is 0.315. The smallest absolute Gasteiger partial charge is 0.119 e. The summed E-state index contributed by atoms with van der Waals surface area (Å²) < 4.78 is 5.33. The summed E-state index contributed by atoms with van der Waals surface area (Å²) in [5.74, 6) is 3.69. The van der Waals surface area contributed by atoms with E-state index in [2.05, 4.69) is 42.5 Å². The van der Waals surface area contributed by atoms with E-state index in [1.54, 1.807) is 7.11 Å². The van der Waals surface area contributed by atoms with Gasteiger partial charge in [0.05, 0.1) is 7.11 Å². The van der Waals surface area contributed by atoms with E-state index < -0.39 is 0 Å². The highest BCUT2D eigenvalue weighted by Gasteiger charge is 2.45. The molecule has 5 rings (SSSR count). The topological polar surface area (TPSA) is 9.23 Å². The molecule has 80 valence electrons. The Morgan fingerprint density at radius 3 is 2.19 bits per heavy atom. The minimum atomic E-state index is 0.588. The van der Waals surface area contributed by atoms with Crippen molar-refractivity contribution in [3.05, 3.63) is 53.6 Å². The number of hydrogen-bond acceptors (Lipinski definition) is 1. The molecule has 0 amide bonds. The van der Waals surface area contributed by atoms with E-state index in [-0.39, 0.29) is 0 Å². The monoisotopic (exact) mass is 210 g/mol. The summed E-state index contributed by atoms with van der Waals surface area (Å²) in [5, 5.41) is 0. The molecule has 1 heteroatoms. The molecular weight excluding hydrogens is 196 g/mol. The summed E-state index contributed by atoms with van der Waals surface area (Å²) in [6.07, 6.45) is 9.52. The zero-order chi connectivity index (χ0) is 10.7. The molecule has 0 N–H and O–H groups in total. The fourth-order valence-electron chi connectivity index (χ4n) is 3.48. The Bertz CT molecular complexity index is 512. The van der Waals surface area contributed by atoms with Gasteiger partial charge in [-0.25, -0.2) is 0 Å². The molecule has 2 bridgehead atoms. The van der Waals surface area contributed by atoms with Gasteiger partial charge in [0, 0.05) is 11.8 Å². The van der Waals surface area contributed by atoms with Crippen LogP contribution in [0.5, 0.6) is 5.75 Å². The lowest BCUT2D eigenvalue weighted by Gasteiger charge is -2.48. The summed E-state index contributed by atoms with van der Waals surface area (Å²) >= 11 is 0. The highest BCUT2D eigenvalue weighted by Crippen LogP contribution is 2.56. The number of hydrogen-bond donors (Lipinski definition) is 0. The molecule has 16 heavy (non-hydrogen) atoms. The van der Waals surface area contributed by atoms with Gasteiger partial charge in [-0.2, -0.15) is 0 Å². The van der Waals surface area contributed by atoms with Gasteiger partial charge in [-0.3, -0.25) is 0 Å². The molecule has 0 unspecified atom stereocenters. The first kappa shape index (κ1) is 8.63. The van der Waals surface area contributed by atoms with Gasteiger partial charge in [0.1, 0.15) is 5.75 Å². The van der Waals surface area contributed by atoms with E-state index in [1.165, 1.54) is 11.1 Å². The summed E-state index contributed by atoms with van der Waals surface area (Å²) in [6, 6.07) is 6.56. The third kappa shape index (κ3) is 0.874. The molecule has 0 aliphatic heterocycles. The van der Waals surface area contributed by atoms with Gasteiger partial charge in [-0.1, -0.05) is 30.4 Å². The van der Waals surface area contributed by atoms with Crippen LogP contribution in [-0.2, 0) is 0 Å². The van der Waals surface area contributed by atoms with E-state index in [1.807, 2.05) is 0 Å². The first-order valence-electron chi connectivity index (χ1n) is 5.93. The number of rotatable bonds is 1. The van der Waals surface area contributed by atoms with Gasteiger partial charge in [-0.15, -0.1) is 0 Å². The zero-order valence-electron chi connectivity index (χ0n) is 9.26. The van der Waals surface area contributed by atoms with Crippen LogP contribution in [-0.4, -0.2) is 7.11 Å². The van der Waals surface area contributed by atoms with E-state index >= 15 is 0 Å². The Morgan fingerprint density at radius 2 is 1.56 bits per heavy atom. The van der Waals surface area contributed by atoms with Gasteiger partial charge < -0.3 is 4.74 Å². The third-order valence-electron chi connectivity index (χ3n) is 4.37. The fraction of sp³-hybridized carbons (Fsp3) is 0.333. The molecule has 4 aliphatic rings. The number of methoxy groups -OCH3 is 1. The van der Waals surface area contributed by atoms with E-state index in [0.717, 1.165) is 17.6 Å². The number of ether oxygens (including phenoxy) is 1. The zero-order valence-corrected chi connectivity index (χ0v) is 9.26. The van der Waals surface area contributed by atoms with Crippen molar-refractivity contribution in [3.8, 4) is 5.75 Å². The van der Waals surface area contributed by atoms with E-state index in [0.29, 0.717) is 11.8 Å². The van der Waals surface area contributed by atoms with Crippen molar-refractivity contribution in [3.63, 3.8) is 0 Å². The summed E-state index contributed by atoms with van der Waals surface area (Å²) in [7, 11) is 1.74. The molecule has 0 heterocycles. The Kier molecular flexibility index (Phi) is 1.50. The van der Waals surface area contributed by atoms with Crippen molar-refractivity contribution in [2.45, 2.75) is 11.8 Å². The molecule has 0 fully saturated rings. The number of benzene rings is 1. The molecular formula is C15H14O. The number of allylic oxidation sites excluding steroid dienone is 4. The molecule has 0 spiro atoms. The van der Waals surface area contributed by atoms with Crippen LogP contribution in [0.1, 0.15) is 23.0 Å². The summed E-state index contributed by atoms with van der Waals surface area (Å²) in [4.78, 5) is 0. The average Bonchev–Trinajstić information content (AvgIpc) is 2.29. The lowest BCUT2D eigenvalue weighted by Crippen LogP contribution is -2.37. The standard InChI is InChI=1S/C15H14O/c1-16-9-2-3-13-11-6-7-14(15(13)8-9)12-5-4-10(11)12/h2-8,10-12,14H,1H3/t10-,11+,12-,14+/m1/s1. The quantitative estimate of drug-likeness (QED) is 0.646. The van der Waals surface area contributed by atoms with Crippen LogP contribution >= 0.6 is 0 Å². The summed E-state index contributed by atoms with van der Waals surface area (Å²) in [6.45, 7) is 0. The highest BCUT2D eigenvalue weighted by atomic mass is 16.5. The first-order valence-corrected chi connectivity index (χ1v) is 5.93. The maximum atomic E-state index is 5.33. The van der Waals surface area contributed by atoms with Crippen LogP contribution in [0.2, 0.25) is 0 Å². The van der Waals surface area contributed by atoms with Gasteiger partial charge in [0.15, 0.2) is 0 Å². The van der Waals surface area contributed by atoms with Crippen molar-refractivity contribution in [2.75, 3.05) is 7.11 Å². The van der Waals surface area contributed by atoms with E-state index in [4.69, 9.17) is 4.74 Å². The Hall–Kier alpha value is -1.50. The molecule has 1 nitrogen and oxygen atoms in total. The van der Waals surface area contributed by atoms with Crippen LogP contribution in [0.4, 0.5) is 0 Å². The van der Waals surface area contributed by atoms with Crippen molar-refractivity contribution in [2.24, 2.45) is 11.8 Å². The van der Waals surface area contributed by atoms with Crippen LogP contribution in [0.25, 0.3) is 0 Å². The molecule has 0 saturated carbocycles. The third-order valence-corrected chi connectivity index (χ3v) is 4.37. The second-order valence-electron chi connectivity index (χ2n) is 4.97. The fourth-order valence-corrected chi connectivity index (χ4v) is 3.48. The van der Waals surface area contributed by atoms with Gasteiger partial charge >= 0.3 is 0 Å². The molecule has 1 aromatic rings. The molecule has 1 aromatic carbocycles. The minimum Gasteiger partial charge on any atom is -0.497 e. The van der Waals surface area contributed by atoms with Crippen molar-refractivity contribution in [1.29, 1.82) is 0 Å². The maximum Gasteiger partial charge on any atom is 0.119 e. The van der Waals surface area contributed by atoms with Crippen molar-refractivity contribution in [1.82, 2.24) is 0 Å². The van der Waals surface area contributed by atoms with Crippen LogP contribution in [0.15, 0.2) is 42.5 Å². The molecule has 0 saturated heterocycles. The normalized spacial score (nSPS) is 36.6. The predicted molar refractivity (Wildman–Crippen MR) is 63.7 cm³/mol. The Labute approximate surface area is 95.4 Å². The second kappa shape index (κ2) is 2.79. The maximum absolute atomic E-state index is 5.33. The lowest BCUT2D eigenvalue weighted by atomic mass is 9.55.